The molecule has 0 saturated heterocycles. The number of nitrogens with one attached hydrogen (secondary N) is 1. The molecule has 1 heterocycles. The van der Waals surface area contributed by atoms with Crippen LogP contribution >= 0.6 is 0 Å². The Bertz CT molecular complexity index is 1100. The highest BCUT2D eigenvalue weighted by molar-refractivity contribution is 6.02. The minimum Gasteiger partial charge on any atom is -0.504 e. The van der Waals surface area contributed by atoms with Crippen LogP contribution in [0.15, 0.2) is 71.7 Å². The molecule has 0 aliphatic carbocycles. The summed E-state index contributed by atoms with van der Waals surface area (Å²) in [5.74, 6) is 0.899. The summed E-state index contributed by atoms with van der Waals surface area (Å²) in [5, 5.41) is 14.2. The molecule has 2 N–H and O–H groups in total. The first-order valence-corrected chi connectivity index (χ1v) is 10.3. The molecule has 0 aromatic heterocycles. The minimum absolute atomic E-state index is 0.0843. The van der Waals surface area contributed by atoms with Gasteiger partial charge in [0, 0.05) is 29.3 Å². The van der Waals surface area contributed by atoms with Crippen LogP contribution in [0, 0.1) is 5.82 Å². The third-order valence-electron chi connectivity index (χ3n) is 5.35. The Morgan fingerprint density at radius 2 is 1.84 bits per heavy atom. The van der Waals surface area contributed by atoms with Crippen LogP contribution < -0.4 is 14.8 Å². The fourth-order valence-corrected chi connectivity index (χ4v) is 3.83. The monoisotopic (exact) mass is 420 g/mol. The normalized spacial score (nSPS) is 18.4. The summed E-state index contributed by atoms with van der Waals surface area (Å²) in [6.07, 6.45) is -0.0855. The smallest absolute Gasteiger partial charge is 0.162 e. The summed E-state index contributed by atoms with van der Waals surface area (Å²) in [7, 11) is 1.62. The van der Waals surface area contributed by atoms with Gasteiger partial charge < -0.3 is 14.6 Å². The fraction of sp³-hybridized carbons (Fsp3) is 0.240. The molecule has 2 atom stereocenters. The molecule has 5 nitrogen and oxygen atoms in total. The summed E-state index contributed by atoms with van der Waals surface area (Å²) >= 11 is 0. The molecule has 0 radical (unpaired) electrons. The molecular weight excluding hydrogens is 395 g/mol. The lowest BCUT2D eigenvalue weighted by molar-refractivity contribution is 0.313. The molecule has 0 amide bonds. The molecule has 0 saturated carbocycles. The Labute approximate surface area is 181 Å². The van der Waals surface area contributed by atoms with Gasteiger partial charge in [-0.15, -0.1) is 0 Å². The van der Waals surface area contributed by atoms with E-state index in [-0.39, 0.29) is 17.6 Å². The second kappa shape index (κ2) is 9.18. The Morgan fingerprint density at radius 1 is 1.06 bits per heavy atom. The Morgan fingerprint density at radius 3 is 2.61 bits per heavy atom. The molecule has 31 heavy (non-hydrogen) atoms. The molecule has 0 bridgehead atoms. The average Bonchev–Trinajstić information content (AvgIpc) is 2.80. The van der Waals surface area contributed by atoms with Gasteiger partial charge in [0.25, 0.3) is 0 Å². The predicted molar refractivity (Wildman–Crippen MR) is 118 cm³/mol. The lowest BCUT2D eigenvalue weighted by Crippen LogP contribution is -2.33. The van der Waals surface area contributed by atoms with Crippen molar-refractivity contribution >= 4 is 5.71 Å². The highest BCUT2D eigenvalue weighted by atomic mass is 19.1. The number of methoxy groups -OCH3 is 1. The van der Waals surface area contributed by atoms with E-state index in [2.05, 4.69) is 5.32 Å². The summed E-state index contributed by atoms with van der Waals surface area (Å²) in [6.45, 7) is 2.32. The van der Waals surface area contributed by atoms with E-state index in [0.717, 1.165) is 17.0 Å². The standard InChI is InChI=1S/C25H25FN2O3/c1-3-31-23-13-7-11-19(24(23)29)22-15-21(16-8-6-9-17(14-16)30-2)27-25(28-22)18-10-4-5-12-20(18)26/h4-14,22,25,28-29H,3,15H2,1-2H3/t22-,25+/m1/s1. The molecule has 1 aliphatic rings. The maximum Gasteiger partial charge on any atom is 0.162 e. The molecule has 3 aromatic rings. The first-order valence-electron chi connectivity index (χ1n) is 10.3. The summed E-state index contributed by atoms with van der Waals surface area (Å²) < 4.78 is 25.5. The van der Waals surface area contributed by atoms with Gasteiger partial charge >= 0.3 is 0 Å². The second-order valence-corrected chi connectivity index (χ2v) is 7.28. The number of ether oxygens (including phenoxy) is 2. The molecule has 6 heteroatoms. The van der Waals surface area contributed by atoms with Gasteiger partial charge in [-0.2, -0.15) is 0 Å². The number of phenolic OH excluding ortho intramolecular Hbond substituents is 1. The third-order valence-corrected chi connectivity index (χ3v) is 5.35. The zero-order valence-electron chi connectivity index (χ0n) is 17.5. The Balaban J connectivity index is 1.78. The van der Waals surface area contributed by atoms with E-state index in [4.69, 9.17) is 14.5 Å². The average molecular weight is 420 g/mol. The van der Waals surface area contributed by atoms with Crippen LogP contribution in [0.5, 0.6) is 17.2 Å². The van der Waals surface area contributed by atoms with Gasteiger partial charge in [0.2, 0.25) is 0 Å². The number of benzene rings is 3. The zero-order valence-corrected chi connectivity index (χ0v) is 17.5. The molecule has 3 aromatic carbocycles. The first-order chi connectivity index (χ1) is 15.1. The van der Waals surface area contributed by atoms with Gasteiger partial charge in [0.1, 0.15) is 17.7 Å². The van der Waals surface area contributed by atoms with Crippen LogP contribution in [-0.4, -0.2) is 24.5 Å². The largest absolute Gasteiger partial charge is 0.504 e. The summed E-state index contributed by atoms with van der Waals surface area (Å²) in [6, 6.07) is 19.4. The molecule has 0 fully saturated rings. The summed E-state index contributed by atoms with van der Waals surface area (Å²) in [5.41, 5.74) is 2.83. The predicted octanol–water partition coefficient (Wildman–Crippen LogP) is 5.16. The van der Waals surface area contributed by atoms with Crippen molar-refractivity contribution in [3.8, 4) is 17.2 Å². The van der Waals surface area contributed by atoms with Crippen molar-refractivity contribution < 1.29 is 19.0 Å². The van der Waals surface area contributed by atoms with Gasteiger partial charge in [-0.05, 0) is 36.8 Å². The van der Waals surface area contributed by atoms with Crippen LogP contribution in [-0.2, 0) is 0 Å². The van der Waals surface area contributed by atoms with Crippen LogP contribution in [0.2, 0.25) is 0 Å². The van der Waals surface area contributed by atoms with Crippen molar-refractivity contribution in [2.24, 2.45) is 4.99 Å². The van der Waals surface area contributed by atoms with Crippen molar-refractivity contribution in [3.05, 3.63) is 89.2 Å². The molecule has 4 rings (SSSR count). The van der Waals surface area contributed by atoms with Crippen molar-refractivity contribution in [2.45, 2.75) is 25.6 Å². The fourth-order valence-electron chi connectivity index (χ4n) is 3.83. The van der Waals surface area contributed by atoms with Crippen molar-refractivity contribution in [2.75, 3.05) is 13.7 Å². The first kappa shape index (κ1) is 20.9. The lowest BCUT2D eigenvalue weighted by Gasteiger charge is -2.31. The third kappa shape index (κ3) is 4.39. The Hall–Kier alpha value is -3.38. The number of hydrogen-bond donors (Lipinski definition) is 2. The highest BCUT2D eigenvalue weighted by Gasteiger charge is 2.29. The van der Waals surface area contributed by atoms with Gasteiger partial charge in [0.05, 0.1) is 13.7 Å². The summed E-state index contributed by atoms with van der Waals surface area (Å²) in [4.78, 5) is 4.82. The number of aliphatic imine (C=N–C) groups is 1. The quantitative estimate of drug-likeness (QED) is 0.578. The van der Waals surface area contributed by atoms with E-state index < -0.39 is 6.17 Å². The topological polar surface area (TPSA) is 63.1 Å². The van der Waals surface area contributed by atoms with Crippen LogP contribution in [0.3, 0.4) is 0 Å². The molecule has 0 spiro atoms. The number of para-hydroxylation sites is 1. The van der Waals surface area contributed by atoms with E-state index in [1.807, 2.05) is 43.3 Å². The SMILES string of the molecule is CCOc1cccc([C@H]2CC(c3cccc(OC)c3)=N[C@H](c3ccccc3F)N2)c1O. The number of aromatic hydroxyl groups is 1. The molecule has 1 aliphatic heterocycles. The van der Waals surface area contributed by atoms with Gasteiger partial charge in [-0.3, -0.25) is 10.3 Å². The minimum atomic E-state index is -0.601. The van der Waals surface area contributed by atoms with Gasteiger partial charge in [0.15, 0.2) is 11.5 Å². The lowest BCUT2D eigenvalue weighted by atomic mass is 9.93. The van der Waals surface area contributed by atoms with Gasteiger partial charge in [-0.25, -0.2) is 4.39 Å². The van der Waals surface area contributed by atoms with Crippen LogP contribution in [0.25, 0.3) is 0 Å². The maximum absolute atomic E-state index is 14.6. The van der Waals surface area contributed by atoms with Crippen molar-refractivity contribution in [3.63, 3.8) is 0 Å². The van der Waals surface area contributed by atoms with Crippen LogP contribution in [0.1, 0.15) is 42.2 Å². The number of phenols is 1. The van der Waals surface area contributed by atoms with Crippen molar-refractivity contribution in [1.82, 2.24) is 5.32 Å². The molecule has 0 unspecified atom stereocenters. The van der Waals surface area contributed by atoms with Crippen molar-refractivity contribution in [1.29, 1.82) is 0 Å². The van der Waals surface area contributed by atoms with E-state index >= 15 is 0 Å². The van der Waals surface area contributed by atoms with Gasteiger partial charge in [-0.1, -0.05) is 42.5 Å². The highest BCUT2D eigenvalue weighted by Crippen LogP contribution is 2.39. The molecule has 160 valence electrons. The second-order valence-electron chi connectivity index (χ2n) is 7.28. The van der Waals surface area contributed by atoms with E-state index in [1.165, 1.54) is 6.07 Å². The van der Waals surface area contributed by atoms with E-state index in [9.17, 15) is 9.50 Å². The Kier molecular flexibility index (Phi) is 6.18. The zero-order chi connectivity index (χ0) is 21.8. The molecular formula is C25H25FN2O3. The van der Waals surface area contributed by atoms with E-state index in [1.54, 1.807) is 31.4 Å². The maximum atomic E-state index is 14.6. The number of halogens is 1. The number of hydrogen-bond acceptors (Lipinski definition) is 5. The van der Waals surface area contributed by atoms with E-state index in [0.29, 0.717) is 29.9 Å². The van der Waals surface area contributed by atoms with Crippen LogP contribution in [0.4, 0.5) is 4.39 Å². The number of nitrogens with zero attached hydrogens (tertiary/aromatic N) is 1. The number of rotatable bonds is 6.